The first-order valence-corrected chi connectivity index (χ1v) is 11.9. The van der Waals surface area contributed by atoms with Gasteiger partial charge in [0.1, 0.15) is 17.6 Å². The van der Waals surface area contributed by atoms with Crippen molar-refractivity contribution < 1.29 is 14.6 Å². The number of aliphatic hydroxyl groups is 1. The third-order valence-corrected chi connectivity index (χ3v) is 6.01. The van der Waals surface area contributed by atoms with Gasteiger partial charge in [-0.1, -0.05) is 32.0 Å². The minimum absolute atomic E-state index is 0.0639. The van der Waals surface area contributed by atoms with E-state index in [-0.39, 0.29) is 12.7 Å². The number of rotatable bonds is 9. The smallest absolute Gasteiger partial charge is 0.213 e. The molecule has 4 rings (SSSR count). The Morgan fingerprint density at radius 2 is 2.03 bits per heavy atom. The molecule has 2 aromatic carbocycles. The fourth-order valence-electron chi connectivity index (χ4n) is 4.33. The van der Waals surface area contributed by atoms with Crippen molar-refractivity contribution >= 4 is 11.9 Å². The van der Waals surface area contributed by atoms with E-state index in [2.05, 4.69) is 40.9 Å². The Hall–Kier alpha value is -3.38. The molecule has 34 heavy (non-hydrogen) atoms. The monoisotopic (exact) mass is 459 g/mol. The summed E-state index contributed by atoms with van der Waals surface area (Å²) in [4.78, 5) is 10.7. The van der Waals surface area contributed by atoms with Gasteiger partial charge in [0, 0.05) is 56.3 Å². The molecule has 1 aromatic heterocycles. The minimum atomic E-state index is 0.0639. The Morgan fingerprint density at radius 3 is 2.76 bits per heavy atom. The standard InChI is InChI=1S/C28H33N3O3/c1-20(2)25-6-4-5-7-27(25)33-23-9-10-26(22(16-23)13-15-32)31-14-12-24(19-31)34-28-11-8-21(17-29-3)18-30-28/h4-11,16-18,20,24,32H,12-15,19H2,1-3H3/t24-/m0/s1. The molecule has 178 valence electrons. The highest BCUT2D eigenvalue weighted by atomic mass is 16.5. The Kier molecular flexibility index (Phi) is 7.80. The van der Waals surface area contributed by atoms with Crippen molar-refractivity contribution in [1.82, 2.24) is 4.98 Å². The van der Waals surface area contributed by atoms with Crippen LogP contribution in [0.25, 0.3) is 0 Å². The highest BCUT2D eigenvalue weighted by Crippen LogP contribution is 2.34. The van der Waals surface area contributed by atoms with Crippen LogP contribution in [0.1, 0.15) is 42.9 Å². The van der Waals surface area contributed by atoms with Crippen molar-refractivity contribution in [2.24, 2.45) is 4.99 Å². The summed E-state index contributed by atoms with van der Waals surface area (Å²) in [5.74, 6) is 2.66. The quantitative estimate of drug-likeness (QED) is 0.443. The Bertz CT molecular complexity index is 1110. The zero-order chi connectivity index (χ0) is 23.9. The molecule has 1 saturated heterocycles. The molecule has 0 radical (unpaired) electrons. The summed E-state index contributed by atoms with van der Waals surface area (Å²) in [6, 6.07) is 18.1. The van der Waals surface area contributed by atoms with Crippen molar-refractivity contribution in [1.29, 1.82) is 0 Å². The van der Waals surface area contributed by atoms with Crippen LogP contribution in [0.2, 0.25) is 0 Å². The predicted octanol–water partition coefficient (Wildman–Crippen LogP) is 5.24. The summed E-state index contributed by atoms with van der Waals surface area (Å²) in [6.45, 7) is 6.08. The predicted molar refractivity (Wildman–Crippen MR) is 137 cm³/mol. The molecule has 1 fully saturated rings. The van der Waals surface area contributed by atoms with Crippen molar-refractivity contribution in [2.45, 2.75) is 38.7 Å². The van der Waals surface area contributed by atoms with Crippen LogP contribution in [0.5, 0.6) is 17.4 Å². The maximum atomic E-state index is 9.69. The second kappa shape index (κ2) is 11.2. The summed E-state index contributed by atoms with van der Waals surface area (Å²) in [6.07, 6.45) is 5.09. The number of anilines is 1. The average molecular weight is 460 g/mol. The zero-order valence-electron chi connectivity index (χ0n) is 20.1. The van der Waals surface area contributed by atoms with E-state index in [0.29, 0.717) is 18.2 Å². The normalized spacial score (nSPS) is 15.9. The molecular formula is C28H33N3O3. The van der Waals surface area contributed by atoms with Gasteiger partial charge in [-0.05, 0) is 53.8 Å². The molecule has 1 aliphatic heterocycles. The van der Waals surface area contributed by atoms with Crippen molar-refractivity contribution in [3.63, 3.8) is 0 Å². The number of aliphatic imine (C=N–C) groups is 1. The lowest BCUT2D eigenvalue weighted by atomic mass is 10.0. The number of aliphatic hydroxyl groups excluding tert-OH is 1. The summed E-state index contributed by atoms with van der Waals surface area (Å²) >= 11 is 0. The number of hydrogen-bond acceptors (Lipinski definition) is 6. The molecule has 0 spiro atoms. The lowest BCUT2D eigenvalue weighted by Crippen LogP contribution is -2.25. The number of pyridine rings is 1. The summed E-state index contributed by atoms with van der Waals surface area (Å²) in [5, 5.41) is 9.69. The fourth-order valence-corrected chi connectivity index (χ4v) is 4.33. The Morgan fingerprint density at radius 1 is 1.18 bits per heavy atom. The second-order valence-corrected chi connectivity index (χ2v) is 8.85. The van der Waals surface area contributed by atoms with Gasteiger partial charge in [-0.25, -0.2) is 4.98 Å². The van der Waals surface area contributed by atoms with Crippen LogP contribution in [-0.2, 0) is 6.42 Å². The first-order valence-electron chi connectivity index (χ1n) is 11.9. The number of aromatic nitrogens is 1. The number of benzene rings is 2. The number of nitrogens with zero attached hydrogens (tertiary/aromatic N) is 3. The number of para-hydroxylation sites is 1. The van der Waals surface area contributed by atoms with Crippen LogP contribution in [-0.4, -0.2) is 49.2 Å². The number of hydrogen-bond donors (Lipinski definition) is 1. The van der Waals surface area contributed by atoms with E-state index >= 15 is 0 Å². The average Bonchev–Trinajstić information content (AvgIpc) is 3.29. The largest absolute Gasteiger partial charge is 0.472 e. The summed E-state index contributed by atoms with van der Waals surface area (Å²) in [5.41, 5.74) is 4.32. The maximum Gasteiger partial charge on any atom is 0.213 e. The molecule has 1 atom stereocenters. The first kappa shape index (κ1) is 23.8. The van der Waals surface area contributed by atoms with Crippen LogP contribution in [0.15, 0.2) is 65.8 Å². The molecule has 1 aliphatic rings. The molecule has 0 amide bonds. The molecule has 2 heterocycles. The van der Waals surface area contributed by atoms with E-state index < -0.39 is 0 Å². The Balaban J connectivity index is 1.46. The molecule has 0 bridgehead atoms. The van der Waals surface area contributed by atoms with Crippen LogP contribution in [0.4, 0.5) is 5.69 Å². The van der Waals surface area contributed by atoms with Gasteiger partial charge in [0.2, 0.25) is 5.88 Å². The Labute approximate surface area is 201 Å². The third kappa shape index (κ3) is 5.75. The number of ether oxygens (including phenoxy) is 2. The molecule has 6 nitrogen and oxygen atoms in total. The second-order valence-electron chi connectivity index (χ2n) is 8.85. The van der Waals surface area contributed by atoms with Gasteiger partial charge < -0.3 is 19.5 Å². The molecule has 6 heteroatoms. The van der Waals surface area contributed by atoms with Gasteiger partial charge in [0.15, 0.2) is 0 Å². The van der Waals surface area contributed by atoms with E-state index in [1.807, 2.05) is 42.5 Å². The highest BCUT2D eigenvalue weighted by molar-refractivity contribution is 5.78. The summed E-state index contributed by atoms with van der Waals surface area (Å²) in [7, 11) is 1.74. The van der Waals surface area contributed by atoms with E-state index in [1.54, 1.807) is 19.5 Å². The first-order chi connectivity index (χ1) is 16.6. The molecular weight excluding hydrogens is 426 g/mol. The van der Waals surface area contributed by atoms with E-state index in [0.717, 1.165) is 47.8 Å². The molecule has 0 saturated carbocycles. The van der Waals surface area contributed by atoms with Crippen LogP contribution < -0.4 is 14.4 Å². The van der Waals surface area contributed by atoms with Crippen LogP contribution >= 0.6 is 0 Å². The van der Waals surface area contributed by atoms with E-state index in [9.17, 15) is 5.11 Å². The van der Waals surface area contributed by atoms with E-state index in [1.165, 1.54) is 5.56 Å². The highest BCUT2D eigenvalue weighted by Gasteiger charge is 2.26. The third-order valence-electron chi connectivity index (χ3n) is 6.01. The molecule has 0 aliphatic carbocycles. The van der Waals surface area contributed by atoms with Gasteiger partial charge in [-0.3, -0.25) is 4.99 Å². The van der Waals surface area contributed by atoms with Crippen molar-refractivity contribution in [3.05, 3.63) is 77.5 Å². The van der Waals surface area contributed by atoms with Crippen molar-refractivity contribution in [3.8, 4) is 17.4 Å². The van der Waals surface area contributed by atoms with Gasteiger partial charge in [-0.15, -0.1) is 0 Å². The lowest BCUT2D eigenvalue weighted by molar-refractivity contribution is 0.216. The lowest BCUT2D eigenvalue weighted by Gasteiger charge is -2.23. The zero-order valence-corrected chi connectivity index (χ0v) is 20.1. The van der Waals surface area contributed by atoms with Gasteiger partial charge in [0.25, 0.3) is 0 Å². The summed E-state index contributed by atoms with van der Waals surface area (Å²) < 4.78 is 12.4. The molecule has 3 aromatic rings. The van der Waals surface area contributed by atoms with Crippen molar-refractivity contribution in [2.75, 3.05) is 31.6 Å². The maximum absolute atomic E-state index is 9.69. The van der Waals surface area contributed by atoms with Crippen LogP contribution in [0.3, 0.4) is 0 Å². The fraction of sp³-hybridized carbons (Fsp3) is 0.357. The minimum Gasteiger partial charge on any atom is -0.472 e. The molecule has 1 N–H and O–H groups in total. The molecule has 0 unspecified atom stereocenters. The van der Waals surface area contributed by atoms with Crippen LogP contribution in [0, 0.1) is 0 Å². The topological polar surface area (TPSA) is 67.2 Å². The van der Waals surface area contributed by atoms with Gasteiger partial charge in [-0.2, -0.15) is 0 Å². The SMILES string of the molecule is CN=Cc1ccc(O[C@H]2CCN(c3ccc(Oc4ccccc4C(C)C)cc3CCO)C2)nc1. The van der Waals surface area contributed by atoms with Gasteiger partial charge in [0.05, 0.1) is 6.54 Å². The van der Waals surface area contributed by atoms with Gasteiger partial charge >= 0.3 is 0 Å². The van der Waals surface area contributed by atoms with E-state index in [4.69, 9.17) is 9.47 Å².